The van der Waals surface area contributed by atoms with Gasteiger partial charge in [0.05, 0.1) is 31.9 Å². The Morgan fingerprint density at radius 3 is 2.06 bits per heavy atom. The number of hydrogen-bond donors (Lipinski definition) is 1. The number of carbonyl (C=O) groups excluding carboxylic acids is 2. The third kappa shape index (κ3) is 9.50. The van der Waals surface area contributed by atoms with Crippen molar-refractivity contribution in [2.24, 2.45) is 0 Å². The number of nitrogens with one attached hydrogen (secondary N) is 1. The van der Waals surface area contributed by atoms with E-state index in [1.165, 1.54) is 56.6 Å². The average molecular weight is 769 g/mol. The molecule has 1 N–H and O–H groups in total. The molecule has 0 aliphatic heterocycles. The van der Waals surface area contributed by atoms with Crippen LogP contribution in [0.5, 0.6) is 17.2 Å². The number of hydrogen-bond acceptors (Lipinski definition) is 7. The smallest absolute Gasteiger partial charge is 0.265 e. The summed E-state index contributed by atoms with van der Waals surface area (Å²) in [5.74, 6) is -0.263. The molecule has 0 heterocycles. The van der Waals surface area contributed by atoms with Crippen molar-refractivity contribution in [1.29, 1.82) is 0 Å². The molecule has 0 spiro atoms. The van der Waals surface area contributed by atoms with E-state index in [2.05, 4.69) is 5.32 Å². The van der Waals surface area contributed by atoms with Gasteiger partial charge in [-0.05, 0) is 66.4 Å². The van der Waals surface area contributed by atoms with Crippen LogP contribution < -0.4 is 23.8 Å². The summed E-state index contributed by atoms with van der Waals surface area (Å²) in [7, 11) is -0.263. The van der Waals surface area contributed by atoms with Crippen LogP contribution in [0.3, 0.4) is 0 Å². The van der Waals surface area contributed by atoms with Crippen molar-refractivity contribution in [3.63, 3.8) is 0 Å². The van der Waals surface area contributed by atoms with Crippen molar-refractivity contribution >= 4 is 50.7 Å². The zero-order valence-electron chi connectivity index (χ0n) is 29.4. The predicted molar refractivity (Wildman–Crippen MR) is 203 cm³/mol. The Morgan fingerprint density at radius 1 is 0.769 bits per heavy atom. The number of sulfonamides is 1. The van der Waals surface area contributed by atoms with E-state index >= 15 is 0 Å². The molecule has 0 radical (unpaired) electrons. The van der Waals surface area contributed by atoms with Crippen LogP contribution in [0.15, 0.2) is 95.9 Å². The van der Waals surface area contributed by atoms with Crippen LogP contribution in [-0.4, -0.2) is 65.1 Å². The first kappa shape index (κ1) is 38.8. The average Bonchev–Trinajstić information content (AvgIpc) is 3.16. The molecule has 0 saturated heterocycles. The van der Waals surface area contributed by atoms with Gasteiger partial charge in [-0.1, -0.05) is 84.9 Å². The first-order chi connectivity index (χ1) is 25.0. The molecule has 1 aliphatic carbocycles. The highest BCUT2D eigenvalue weighted by Gasteiger charge is 2.36. The molecule has 4 aromatic rings. The Morgan fingerprint density at radius 2 is 1.40 bits per heavy atom. The molecule has 4 aromatic carbocycles. The van der Waals surface area contributed by atoms with Crippen LogP contribution in [0.2, 0.25) is 10.0 Å². The Kier molecular flexibility index (Phi) is 13.3. The van der Waals surface area contributed by atoms with Gasteiger partial charge in [0.2, 0.25) is 11.8 Å². The molecule has 1 aliphatic rings. The Hall–Kier alpha value is -4.45. The van der Waals surface area contributed by atoms with E-state index in [-0.39, 0.29) is 52.0 Å². The molecule has 0 bridgehead atoms. The lowest BCUT2D eigenvalue weighted by Crippen LogP contribution is -2.55. The molecule has 2 amide bonds. The highest BCUT2D eigenvalue weighted by atomic mass is 35.5. The Balaban J connectivity index is 1.62. The largest absolute Gasteiger partial charge is 0.495 e. The zero-order chi connectivity index (χ0) is 37.3. The van der Waals surface area contributed by atoms with Crippen LogP contribution >= 0.6 is 23.2 Å². The van der Waals surface area contributed by atoms with Gasteiger partial charge in [0.15, 0.2) is 11.5 Å². The number of amides is 2. The SMILES string of the molecule is COc1ccc(S(=O)(=O)N(CC(=O)N(Cc2ccc(Cl)cc2)C(Cc2ccccc2)C(=O)NC2CCCCC2)c2cc(Cl)ccc2OC)cc1OC. The second kappa shape index (κ2) is 17.9. The zero-order valence-corrected chi connectivity index (χ0v) is 31.7. The summed E-state index contributed by atoms with van der Waals surface area (Å²) in [6.07, 6.45) is 5.01. The van der Waals surface area contributed by atoms with E-state index in [0.29, 0.717) is 16.3 Å². The Bertz CT molecular complexity index is 1940. The van der Waals surface area contributed by atoms with Crippen LogP contribution in [0.25, 0.3) is 0 Å². The van der Waals surface area contributed by atoms with Crippen LogP contribution in [0.1, 0.15) is 43.2 Å². The highest BCUT2D eigenvalue weighted by molar-refractivity contribution is 7.92. The molecular formula is C39H43Cl2N3O7S. The lowest BCUT2D eigenvalue weighted by Gasteiger charge is -2.35. The van der Waals surface area contributed by atoms with Gasteiger partial charge in [0.25, 0.3) is 10.0 Å². The van der Waals surface area contributed by atoms with Crippen LogP contribution in [-0.2, 0) is 32.6 Å². The standard InChI is InChI=1S/C39H43Cl2N3O7S/c1-49-35-20-18-30(41)23-33(35)44(52(47,48)32-19-21-36(50-2)37(24-32)51-3)26-38(45)43(25-28-14-16-29(40)17-15-28)34(22-27-10-6-4-7-11-27)39(46)42-31-12-8-5-9-13-31/h4,6-7,10-11,14-21,23-24,31,34H,5,8-9,12-13,22,25-26H2,1-3H3,(H,42,46). The van der Waals surface area contributed by atoms with E-state index in [1.807, 2.05) is 30.3 Å². The third-order valence-electron chi connectivity index (χ3n) is 9.12. The number of rotatable bonds is 15. The first-order valence-electron chi connectivity index (χ1n) is 17.0. The first-order valence-corrected chi connectivity index (χ1v) is 19.2. The van der Waals surface area contributed by atoms with Gasteiger partial charge in [0.1, 0.15) is 18.3 Å². The summed E-state index contributed by atoms with van der Waals surface area (Å²) in [6, 6.07) is 24.1. The summed E-state index contributed by atoms with van der Waals surface area (Å²) in [5, 5.41) is 3.95. The number of nitrogens with zero attached hydrogens (tertiary/aromatic N) is 2. The number of carbonyl (C=O) groups is 2. The number of benzene rings is 4. The summed E-state index contributed by atoms with van der Waals surface area (Å²) >= 11 is 12.6. The van der Waals surface area contributed by atoms with Gasteiger partial charge in [-0.25, -0.2) is 8.42 Å². The minimum Gasteiger partial charge on any atom is -0.495 e. The minimum atomic E-state index is -4.50. The maximum Gasteiger partial charge on any atom is 0.265 e. The summed E-state index contributed by atoms with van der Waals surface area (Å²) in [6.45, 7) is -0.689. The van der Waals surface area contributed by atoms with Crippen molar-refractivity contribution in [1.82, 2.24) is 10.2 Å². The van der Waals surface area contributed by atoms with Gasteiger partial charge in [0, 0.05) is 35.1 Å². The van der Waals surface area contributed by atoms with E-state index < -0.39 is 28.5 Å². The van der Waals surface area contributed by atoms with E-state index in [1.54, 1.807) is 30.3 Å². The van der Waals surface area contributed by atoms with E-state index in [0.717, 1.165) is 42.0 Å². The lowest BCUT2D eigenvalue weighted by atomic mass is 9.94. The predicted octanol–water partition coefficient (Wildman–Crippen LogP) is 7.30. The molecular weight excluding hydrogens is 725 g/mol. The van der Waals surface area contributed by atoms with Crippen molar-refractivity contribution in [2.75, 3.05) is 32.2 Å². The number of anilines is 1. The van der Waals surface area contributed by atoms with E-state index in [4.69, 9.17) is 37.4 Å². The molecule has 1 unspecified atom stereocenters. The van der Waals surface area contributed by atoms with Crippen molar-refractivity contribution < 1.29 is 32.2 Å². The maximum atomic E-state index is 14.9. The minimum absolute atomic E-state index is 0.00250. The van der Waals surface area contributed by atoms with Crippen molar-refractivity contribution in [3.05, 3.63) is 112 Å². The molecule has 5 rings (SSSR count). The monoisotopic (exact) mass is 767 g/mol. The lowest BCUT2D eigenvalue weighted by molar-refractivity contribution is -0.140. The van der Waals surface area contributed by atoms with Crippen molar-refractivity contribution in [2.45, 2.75) is 62.0 Å². The fourth-order valence-corrected chi connectivity index (χ4v) is 8.09. The second-order valence-electron chi connectivity index (χ2n) is 12.5. The quantitative estimate of drug-likeness (QED) is 0.135. The Labute approximate surface area is 315 Å². The van der Waals surface area contributed by atoms with E-state index in [9.17, 15) is 18.0 Å². The molecule has 0 aromatic heterocycles. The van der Waals surface area contributed by atoms with Gasteiger partial charge in [-0.2, -0.15) is 0 Å². The molecule has 1 atom stereocenters. The highest BCUT2D eigenvalue weighted by Crippen LogP contribution is 2.37. The maximum absolute atomic E-state index is 14.9. The molecule has 1 fully saturated rings. The van der Waals surface area contributed by atoms with Crippen LogP contribution in [0, 0.1) is 0 Å². The number of halogens is 2. The van der Waals surface area contributed by atoms with Crippen molar-refractivity contribution in [3.8, 4) is 17.2 Å². The van der Waals surface area contributed by atoms with Gasteiger partial charge >= 0.3 is 0 Å². The van der Waals surface area contributed by atoms with Gasteiger partial charge in [-0.3, -0.25) is 13.9 Å². The third-order valence-corrected chi connectivity index (χ3v) is 11.4. The second-order valence-corrected chi connectivity index (χ2v) is 15.3. The van der Waals surface area contributed by atoms with Crippen LogP contribution in [0.4, 0.5) is 5.69 Å². The molecule has 52 heavy (non-hydrogen) atoms. The van der Waals surface area contributed by atoms with Gasteiger partial charge < -0.3 is 24.4 Å². The molecule has 10 nitrogen and oxygen atoms in total. The summed E-state index contributed by atoms with van der Waals surface area (Å²) < 4.78 is 46.6. The molecule has 1 saturated carbocycles. The normalized spacial score (nSPS) is 13.9. The summed E-state index contributed by atoms with van der Waals surface area (Å²) in [4.78, 5) is 30.5. The molecule has 13 heteroatoms. The topological polar surface area (TPSA) is 114 Å². The fraction of sp³-hybridized carbons (Fsp3) is 0.333. The summed E-state index contributed by atoms with van der Waals surface area (Å²) in [5.41, 5.74) is 1.58. The number of ether oxygens (including phenoxy) is 3. The molecule has 276 valence electrons. The fourth-order valence-electron chi connectivity index (χ4n) is 6.36. The number of methoxy groups -OCH3 is 3. The van der Waals surface area contributed by atoms with Gasteiger partial charge in [-0.15, -0.1) is 0 Å².